The topological polar surface area (TPSA) is 73.2 Å². The van der Waals surface area contributed by atoms with Gasteiger partial charge in [0, 0.05) is 35.7 Å². The van der Waals surface area contributed by atoms with Gasteiger partial charge in [0.25, 0.3) is 5.56 Å². The van der Waals surface area contributed by atoms with Crippen molar-refractivity contribution in [2.45, 2.75) is 82.5 Å². The molecule has 1 aromatic heterocycles. The number of hydrogen-bond donors (Lipinski definition) is 1. The third-order valence-electron chi connectivity index (χ3n) is 6.35. The Bertz CT molecular complexity index is 1080. The fourth-order valence-electron chi connectivity index (χ4n) is 4.17. The predicted octanol–water partition coefficient (Wildman–Crippen LogP) is 4.57. The SMILES string of the molecule is C[C@@H](N[S@](=O)C(C)(C)C)c1cc(Cl)cc2c(=O)n(C3CC3)c(C3(C)CCOCC3)nc12. The summed E-state index contributed by atoms with van der Waals surface area (Å²) < 4.78 is 23.0. The van der Waals surface area contributed by atoms with E-state index in [0.29, 0.717) is 29.1 Å². The van der Waals surface area contributed by atoms with Crippen LogP contribution in [-0.4, -0.2) is 31.7 Å². The van der Waals surface area contributed by atoms with Crippen molar-refractivity contribution in [3.8, 4) is 0 Å². The number of aromatic nitrogens is 2. The fraction of sp³-hybridized carbons (Fsp3) is 0.652. The molecule has 0 spiro atoms. The first-order valence-electron chi connectivity index (χ1n) is 11.0. The van der Waals surface area contributed by atoms with Gasteiger partial charge in [0.2, 0.25) is 0 Å². The first-order chi connectivity index (χ1) is 14.5. The second kappa shape index (κ2) is 8.25. The van der Waals surface area contributed by atoms with Crippen LogP contribution in [0.15, 0.2) is 16.9 Å². The molecule has 1 aliphatic heterocycles. The van der Waals surface area contributed by atoms with Gasteiger partial charge in [-0.1, -0.05) is 18.5 Å². The average molecular weight is 466 g/mol. The van der Waals surface area contributed by atoms with Crippen molar-refractivity contribution in [3.05, 3.63) is 38.9 Å². The third kappa shape index (κ3) is 4.47. The molecule has 0 amide bonds. The molecule has 0 bridgehead atoms. The Balaban J connectivity index is 1.90. The van der Waals surface area contributed by atoms with Gasteiger partial charge in [0.15, 0.2) is 0 Å². The smallest absolute Gasteiger partial charge is 0.261 e. The Kier molecular flexibility index (Phi) is 6.09. The lowest BCUT2D eigenvalue weighted by Gasteiger charge is -2.35. The standard InChI is InChI=1S/C23H32ClN3O3S/c1-14(26-31(29)22(2,3)4)17-12-15(24)13-18-19(17)25-21(23(5)8-10-30-11-9-23)27(20(18)28)16-6-7-16/h12-14,16,26H,6-11H2,1-5H3/t14-,31-/m1/s1. The molecule has 1 saturated heterocycles. The van der Waals surface area contributed by atoms with Crippen molar-refractivity contribution in [2.75, 3.05) is 13.2 Å². The number of rotatable bonds is 5. The summed E-state index contributed by atoms with van der Waals surface area (Å²) >= 11 is 6.43. The van der Waals surface area contributed by atoms with Gasteiger partial charge in [-0.25, -0.2) is 13.9 Å². The van der Waals surface area contributed by atoms with Gasteiger partial charge < -0.3 is 4.74 Å². The minimum Gasteiger partial charge on any atom is -0.381 e. The van der Waals surface area contributed by atoms with Crippen LogP contribution in [0.25, 0.3) is 10.9 Å². The van der Waals surface area contributed by atoms with Gasteiger partial charge >= 0.3 is 0 Å². The van der Waals surface area contributed by atoms with E-state index in [9.17, 15) is 9.00 Å². The summed E-state index contributed by atoms with van der Waals surface area (Å²) in [5.74, 6) is 0.850. The molecule has 1 aliphatic carbocycles. The first kappa shape index (κ1) is 22.9. The summed E-state index contributed by atoms with van der Waals surface area (Å²) in [6.45, 7) is 11.3. The number of ether oxygens (including phenoxy) is 1. The summed E-state index contributed by atoms with van der Waals surface area (Å²) in [6, 6.07) is 3.49. The molecule has 4 rings (SSSR count). The molecule has 0 radical (unpaired) electrons. The van der Waals surface area contributed by atoms with Crippen molar-refractivity contribution in [2.24, 2.45) is 0 Å². The zero-order chi connectivity index (χ0) is 22.6. The molecule has 1 N–H and O–H groups in total. The fourth-order valence-corrected chi connectivity index (χ4v) is 5.20. The van der Waals surface area contributed by atoms with Crippen LogP contribution in [0.1, 0.15) is 83.8 Å². The summed E-state index contributed by atoms with van der Waals surface area (Å²) in [5, 5.41) is 1.02. The van der Waals surface area contributed by atoms with Crippen LogP contribution in [0.2, 0.25) is 5.02 Å². The second-order valence-corrected chi connectivity index (χ2v) is 12.6. The number of halogens is 1. The van der Waals surface area contributed by atoms with Gasteiger partial charge in [0.05, 0.1) is 26.6 Å². The van der Waals surface area contributed by atoms with E-state index in [-0.39, 0.29) is 23.1 Å². The first-order valence-corrected chi connectivity index (χ1v) is 12.6. The number of fused-ring (bicyclic) bond motifs is 1. The van der Waals surface area contributed by atoms with E-state index in [4.69, 9.17) is 21.3 Å². The molecule has 8 heteroatoms. The van der Waals surface area contributed by atoms with E-state index in [2.05, 4.69) is 11.6 Å². The highest BCUT2D eigenvalue weighted by Crippen LogP contribution is 2.41. The molecular weight excluding hydrogens is 434 g/mol. The summed E-state index contributed by atoms with van der Waals surface area (Å²) in [5.41, 5.74) is 1.22. The molecule has 0 unspecified atom stereocenters. The van der Waals surface area contributed by atoms with Crippen LogP contribution < -0.4 is 10.3 Å². The van der Waals surface area contributed by atoms with Crippen LogP contribution >= 0.6 is 11.6 Å². The highest BCUT2D eigenvalue weighted by molar-refractivity contribution is 7.84. The van der Waals surface area contributed by atoms with Gasteiger partial charge in [0.1, 0.15) is 5.82 Å². The van der Waals surface area contributed by atoms with Gasteiger partial charge in [-0.05, 0) is 71.1 Å². The molecule has 2 aliphatic rings. The van der Waals surface area contributed by atoms with Crippen molar-refractivity contribution < 1.29 is 8.95 Å². The quantitative estimate of drug-likeness (QED) is 0.702. The van der Waals surface area contributed by atoms with Crippen LogP contribution in [0.5, 0.6) is 0 Å². The van der Waals surface area contributed by atoms with Crippen LogP contribution in [-0.2, 0) is 21.1 Å². The van der Waals surface area contributed by atoms with Crippen molar-refractivity contribution in [1.29, 1.82) is 0 Å². The lowest BCUT2D eigenvalue weighted by Crippen LogP contribution is -2.39. The predicted molar refractivity (Wildman–Crippen MR) is 126 cm³/mol. The molecule has 2 aromatic rings. The summed E-state index contributed by atoms with van der Waals surface area (Å²) in [4.78, 5) is 18.8. The number of nitrogens with zero attached hydrogens (tertiary/aromatic N) is 2. The van der Waals surface area contributed by atoms with Gasteiger partial charge in [-0.3, -0.25) is 9.36 Å². The molecule has 1 aromatic carbocycles. The number of benzene rings is 1. The highest BCUT2D eigenvalue weighted by atomic mass is 35.5. The largest absolute Gasteiger partial charge is 0.381 e. The maximum Gasteiger partial charge on any atom is 0.261 e. The highest BCUT2D eigenvalue weighted by Gasteiger charge is 2.39. The average Bonchev–Trinajstić information content (AvgIpc) is 3.52. The summed E-state index contributed by atoms with van der Waals surface area (Å²) in [6.07, 6.45) is 3.68. The minimum atomic E-state index is -1.26. The summed E-state index contributed by atoms with van der Waals surface area (Å²) in [7, 11) is -1.26. The minimum absolute atomic E-state index is 0.0249. The molecule has 2 heterocycles. The van der Waals surface area contributed by atoms with E-state index in [1.807, 2.05) is 38.3 Å². The number of hydrogen-bond acceptors (Lipinski definition) is 4. The lowest BCUT2D eigenvalue weighted by molar-refractivity contribution is 0.0519. The second-order valence-electron chi connectivity index (χ2n) is 10.1. The third-order valence-corrected chi connectivity index (χ3v) is 8.25. The molecular formula is C23H32ClN3O3S. The molecule has 170 valence electrons. The molecule has 2 atom stereocenters. The monoisotopic (exact) mass is 465 g/mol. The van der Waals surface area contributed by atoms with E-state index in [1.165, 1.54) is 0 Å². The Morgan fingerprint density at radius 3 is 2.52 bits per heavy atom. The molecule has 1 saturated carbocycles. The molecule has 31 heavy (non-hydrogen) atoms. The molecule has 6 nitrogen and oxygen atoms in total. The zero-order valence-electron chi connectivity index (χ0n) is 19.0. The molecule has 2 fully saturated rings. The lowest BCUT2D eigenvalue weighted by atomic mass is 9.81. The van der Waals surface area contributed by atoms with Crippen molar-refractivity contribution >= 4 is 33.5 Å². The Labute approximate surface area is 191 Å². The van der Waals surface area contributed by atoms with Crippen molar-refractivity contribution in [1.82, 2.24) is 14.3 Å². The Morgan fingerprint density at radius 2 is 1.94 bits per heavy atom. The van der Waals surface area contributed by atoms with Crippen LogP contribution in [0, 0.1) is 0 Å². The Hall–Kier alpha value is -1.28. The van der Waals surface area contributed by atoms with E-state index in [0.717, 1.165) is 37.1 Å². The van der Waals surface area contributed by atoms with Gasteiger partial charge in [-0.2, -0.15) is 0 Å². The van der Waals surface area contributed by atoms with E-state index >= 15 is 0 Å². The van der Waals surface area contributed by atoms with E-state index in [1.54, 1.807) is 6.07 Å². The van der Waals surface area contributed by atoms with Crippen LogP contribution in [0.4, 0.5) is 0 Å². The van der Waals surface area contributed by atoms with Crippen LogP contribution in [0.3, 0.4) is 0 Å². The van der Waals surface area contributed by atoms with E-state index < -0.39 is 15.7 Å². The Morgan fingerprint density at radius 1 is 1.29 bits per heavy atom. The van der Waals surface area contributed by atoms with Crippen molar-refractivity contribution in [3.63, 3.8) is 0 Å². The van der Waals surface area contributed by atoms with Gasteiger partial charge in [-0.15, -0.1) is 0 Å². The maximum absolute atomic E-state index is 13.7. The maximum atomic E-state index is 13.7. The number of nitrogens with one attached hydrogen (secondary N) is 1. The normalized spacial score (nSPS) is 21.2. The zero-order valence-corrected chi connectivity index (χ0v) is 20.5.